The van der Waals surface area contributed by atoms with E-state index in [0.717, 1.165) is 11.1 Å². The highest BCUT2D eigenvalue weighted by Crippen LogP contribution is 2.29. The number of anilines is 1. The second kappa shape index (κ2) is 6.79. The fourth-order valence-corrected chi connectivity index (χ4v) is 4.07. The van der Waals surface area contributed by atoms with E-state index in [1.54, 1.807) is 11.0 Å². The van der Waals surface area contributed by atoms with Crippen LogP contribution < -0.4 is 10.0 Å². The molecule has 0 radical (unpaired) electrons. The van der Waals surface area contributed by atoms with Crippen LogP contribution in [0.1, 0.15) is 38.3 Å². The van der Waals surface area contributed by atoms with Gasteiger partial charge >= 0.3 is 6.09 Å². The first-order chi connectivity index (χ1) is 12.4. The van der Waals surface area contributed by atoms with Crippen molar-refractivity contribution < 1.29 is 22.7 Å². The zero-order valence-electron chi connectivity index (χ0n) is 15.8. The zero-order chi connectivity index (χ0) is 20.0. The van der Waals surface area contributed by atoms with E-state index in [0.29, 0.717) is 25.2 Å². The number of hydrogen-bond acceptors (Lipinski definition) is 5. The Kier molecular flexibility index (Phi) is 4.94. The second-order valence-corrected chi connectivity index (χ2v) is 9.87. The Morgan fingerprint density at radius 2 is 1.96 bits per heavy atom. The molecule has 148 valence electrons. The van der Waals surface area contributed by atoms with Gasteiger partial charge in [-0.05, 0) is 50.5 Å². The molecule has 0 saturated carbocycles. The van der Waals surface area contributed by atoms with Gasteiger partial charge < -0.3 is 14.5 Å². The molecule has 2 amide bonds. The van der Waals surface area contributed by atoms with E-state index < -0.39 is 20.9 Å². The van der Waals surface area contributed by atoms with Gasteiger partial charge in [0.15, 0.2) is 0 Å². The van der Waals surface area contributed by atoms with Crippen molar-refractivity contribution in [2.45, 2.75) is 51.0 Å². The number of nitrogens with zero attached hydrogens (tertiary/aromatic N) is 2. The number of primary sulfonamides is 1. The van der Waals surface area contributed by atoms with Crippen LogP contribution in [-0.4, -0.2) is 49.3 Å². The van der Waals surface area contributed by atoms with Gasteiger partial charge in [-0.3, -0.25) is 4.79 Å². The molecule has 1 aromatic rings. The summed E-state index contributed by atoms with van der Waals surface area (Å²) >= 11 is 0. The summed E-state index contributed by atoms with van der Waals surface area (Å²) in [5.74, 6) is -0.250. The Labute approximate surface area is 159 Å². The molecule has 27 heavy (non-hydrogen) atoms. The van der Waals surface area contributed by atoms with Gasteiger partial charge in [0.25, 0.3) is 0 Å². The first-order valence-electron chi connectivity index (χ1n) is 8.86. The number of benzene rings is 1. The summed E-state index contributed by atoms with van der Waals surface area (Å²) < 4.78 is 28.5. The predicted octanol–water partition coefficient (Wildman–Crippen LogP) is 1.37. The third-order valence-corrected chi connectivity index (χ3v) is 5.96. The fraction of sp³-hybridized carbons (Fsp3) is 0.556. The summed E-state index contributed by atoms with van der Waals surface area (Å²) in [7, 11) is -3.75. The third-order valence-electron chi connectivity index (χ3n) is 4.72. The molecule has 1 aromatic carbocycles. The fourth-order valence-electron chi connectivity index (χ4n) is 3.33. The van der Waals surface area contributed by atoms with Gasteiger partial charge in [0.05, 0.1) is 0 Å². The molecular weight excluding hydrogens is 370 g/mol. The van der Waals surface area contributed by atoms with Gasteiger partial charge in [-0.2, -0.15) is 0 Å². The molecule has 1 saturated heterocycles. The van der Waals surface area contributed by atoms with Crippen LogP contribution in [0.3, 0.4) is 0 Å². The summed E-state index contributed by atoms with van der Waals surface area (Å²) in [4.78, 5) is 27.6. The van der Waals surface area contributed by atoms with E-state index in [1.807, 2.05) is 32.9 Å². The van der Waals surface area contributed by atoms with Crippen LogP contribution in [0.15, 0.2) is 18.2 Å². The number of amides is 2. The Bertz CT molecular complexity index is 875. The van der Waals surface area contributed by atoms with Crippen molar-refractivity contribution in [2.24, 2.45) is 5.14 Å². The SMILES string of the molecule is CC(C)(C)OC(=O)N1CCc2cc(N3CC(S(N)(=O)=O)CC3=O)ccc2C1. The maximum absolute atomic E-state index is 12.3. The lowest BCUT2D eigenvalue weighted by Crippen LogP contribution is -2.40. The molecular formula is C18H25N3O5S. The monoisotopic (exact) mass is 395 g/mol. The van der Waals surface area contributed by atoms with E-state index in [2.05, 4.69) is 0 Å². The number of sulfonamides is 1. The Hall–Kier alpha value is -2.13. The van der Waals surface area contributed by atoms with Gasteiger partial charge in [-0.25, -0.2) is 18.4 Å². The van der Waals surface area contributed by atoms with Crippen molar-refractivity contribution in [2.75, 3.05) is 18.0 Å². The van der Waals surface area contributed by atoms with Gasteiger partial charge in [0.1, 0.15) is 10.9 Å². The Balaban J connectivity index is 1.74. The maximum atomic E-state index is 12.3. The van der Waals surface area contributed by atoms with E-state index >= 15 is 0 Å². The van der Waals surface area contributed by atoms with Gasteiger partial charge in [-0.1, -0.05) is 6.07 Å². The smallest absolute Gasteiger partial charge is 0.410 e. The number of ether oxygens (including phenoxy) is 1. The highest BCUT2D eigenvalue weighted by Gasteiger charge is 2.37. The molecule has 1 fully saturated rings. The van der Waals surface area contributed by atoms with Crippen molar-refractivity contribution in [1.29, 1.82) is 0 Å². The van der Waals surface area contributed by atoms with E-state index in [-0.39, 0.29) is 25.0 Å². The lowest BCUT2D eigenvalue weighted by atomic mass is 9.99. The zero-order valence-corrected chi connectivity index (χ0v) is 16.6. The van der Waals surface area contributed by atoms with Crippen LogP contribution in [0, 0.1) is 0 Å². The average Bonchev–Trinajstić information content (AvgIpc) is 2.94. The lowest BCUT2D eigenvalue weighted by molar-refractivity contribution is -0.117. The predicted molar refractivity (Wildman–Crippen MR) is 101 cm³/mol. The first-order valence-corrected chi connectivity index (χ1v) is 10.5. The Morgan fingerprint density at radius 1 is 1.26 bits per heavy atom. The molecule has 0 aromatic heterocycles. The Morgan fingerprint density at radius 3 is 2.56 bits per heavy atom. The second-order valence-electron chi connectivity index (χ2n) is 8.02. The summed E-state index contributed by atoms with van der Waals surface area (Å²) in [6.45, 7) is 6.53. The number of hydrogen-bond donors (Lipinski definition) is 1. The number of carbonyl (C=O) groups excluding carboxylic acids is 2. The van der Waals surface area contributed by atoms with E-state index in [4.69, 9.17) is 9.88 Å². The summed E-state index contributed by atoms with van der Waals surface area (Å²) in [6, 6.07) is 5.55. The molecule has 0 aliphatic carbocycles. The van der Waals surface area contributed by atoms with E-state index in [9.17, 15) is 18.0 Å². The number of nitrogens with two attached hydrogens (primary N) is 1. The van der Waals surface area contributed by atoms with Gasteiger partial charge in [0, 0.05) is 31.7 Å². The highest BCUT2D eigenvalue weighted by atomic mass is 32.2. The van der Waals surface area contributed by atoms with Crippen LogP contribution in [0.2, 0.25) is 0 Å². The van der Waals surface area contributed by atoms with Crippen molar-refractivity contribution >= 4 is 27.7 Å². The minimum absolute atomic E-state index is 0.0699. The van der Waals surface area contributed by atoms with Gasteiger partial charge in [0.2, 0.25) is 15.9 Å². The molecule has 0 spiro atoms. The lowest BCUT2D eigenvalue weighted by Gasteiger charge is -2.31. The molecule has 2 aliphatic rings. The van der Waals surface area contributed by atoms with Crippen LogP contribution in [0.4, 0.5) is 10.5 Å². The van der Waals surface area contributed by atoms with E-state index in [1.165, 1.54) is 4.90 Å². The quantitative estimate of drug-likeness (QED) is 0.813. The van der Waals surface area contributed by atoms with Crippen molar-refractivity contribution in [1.82, 2.24) is 4.90 Å². The van der Waals surface area contributed by atoms with Crippen molar-refractivity contribution in [3.63, 3.8) is 0 Å². The number of carbonyl (C=O) groups is 2. The molecule has 2 heterocycles. The molecule has 2 aliphatic heterocycles. The topological polar surface area (TPSA) is 110 Å². The molecule has 8 nitrogen and oxygen atoms in total. The minimum atomic E-state index is -3.75. The average molecular weight is 395 g/mol. The van der Waals surface area contributed by atoms with Crippen molar-refractivity contribution in [3.05, 3.63) is 29.3 Å². The first kappa shape index (κ1) is 19.6. The largest absolute Gasteiger partial charge is 0.444 e. The van der Waals surface area contributed by atoms with Crippen LogP contribution in [-0.2, 0) is 32.5 Å². The number of fused-ring (bicyclic) bond motifs is 1. The normalized spacial score (nSPS) is 20.6. The molecule has 1 unspecified atom stereocenters. The number of rotatable bonds is 2. The molecule has 2 N–H and O–H groups in total. The van der Waals surface area contributed by atoms with Crippen LogP contribution in [0.25, 0.3) is 0 Å². The molecule has 3 rings (SSSR count). The molecule has 1 atom stereocenters. The van der Waals surface area contributed by atoms with Crippen LogP contribution >= 0.6 is 0 Å². The molecule has 9 heteroatoms. The maximum Gasteiger partial charge on any atom is 0.410 e. The van der Waals surface area contributed by atoms with Crippen molar-refractivity contribution in [3.8, 4) is 0 Å². The van der Waals surface area contributed by atoms with Crippen LogP contribution in [0.5, 0.6) is 0 Å². The standard InChI is InChI=1S/C18H25N3O5S/c1-18(2,3)26-17(23)20-7-6-12-8-14(5-4-13(12)10-20)21-11-15(9-16(21)22)27(19,24)25/h4-5,8,15H,6-7,9-11H2,1-3H3,(H2,19,24,25). The summed E-state index contributed by atoms with van der Waals surface area (Å²) in [6.07, 6.45) is 0.203. The molecule has 0 bridgehead atoms. The third kappa shape index (κ3) is 4.41. The van der Waals surface area contributed by atoms with Gasteiger partial charge in [-0.15, -0.1) is 0 Å². The minimum Gasteiger partial charge on any atom is -0.444 e. The summed E-state index contributed by atoms with van der Waals surface area (Å²) in [5, 5.41) is 4.31. The summed E-state index contributed by atoms with van der Waals surface area (Å²) in [5.41, 5.74) is 2.15. The highest BCUT2D eigenvalue weighted by molar-refractivity contribution is 7.89.